The van der Waals surface area contributed by atoms with Crippen LogP contribution >= 0.6 is 11.3 Å². The SMILES string of the molecule is CC(Nc1ncc([N+](=O)[O-])s1)C(=O)NC1CC1. The normalized spacial score (nSPS) is 16.3. The molecular weight excluding hydrogens is 244 g/mol. The Hall–Kier alpha value is -1.70. The van der Waals surface area contributed by atoms with Crippen molar-refractivity contribution < 1.29 is 9.72 Å². The maximum absolute atomic E-state index is 11.6. The number of nitrogens with one attached hydrogen (secondary N) is 2. The van der Waals surface area contributed by atoms with Gasteiger partial charge >= 0.3 is 5.00 Å². The molecule has 1 aliphatic rings. The molecule has 1 aliphatic carbocycles. The van der Waals surface area contributed by atoms with Gasteiger partial charge in [0.25, 0.3) is 0 Å². The fraction of sp³-hybridized carbons (Fsp3) is 0.556. The smallest absolute Gasteiger partial charge is 0.345 e. The first-order valence-electron chi connectivity index (χ1n) is 5.23. The van der Waals surface area contributed by atoms with Crippen LogP contribution in [0.1, 0.15) is 19.8 Å². The maximum atomic E-state index is 11.6. The number of carbonyl (C=O) groups excluding carboxylic acids is 1. The number of aromatic nitrogens is 1. The van der Waals surface area contributed by atoms with Crippen molar-refractivity contribution in [1.82, 2.24) is 10.3 Å². The van der Waals surface area contributed by atoms with Crippen molar-refractivity contribution in [2.45, 2.75) is 31.8 Å². The third-order valence-electron chi connectivity index (χ3n) is 2.33. The van der Waals surface area contributed by atoms with E-state index in [4.69, 9.17) is 0 Å². The Kier molecular flexibility index (Phi) is 3.23. The number of amides is 1. The second-order valence-electron chi connectivity index (χ2n) is 3.91. The average molecular weight is 256 g/mol. The third-order valence-corrected chi connectivity index (χ3v) is 3.21. The van der Waals surface area contributed by atoms with Gasteiger partial charge in [0.2, 0.25) is 5.91 Å². The number of carbonyl (C=O) groups is 1. The standard InChI is InChI=1S/C9H12N4O3S/c1-5(8(14)12-6-2-3-6)11-9-10-4-7(17-9)13(15)16/h4-6H,2-3H2,1H3,(H,10,11)(H,12,14). The molecule has 7 nitrogen and oxygen atoms in total. The Labute approximate surface area is 101 Å². The summed E-state index contributed by atoms with van der Waals surface area (Å²) in [5, 5.41) is 16.5. The van der Waals surface area contributed by atoms with Crippen LogP contribution in [0.3, 0.4) is 0 Å². The Balaban J connectivity index is 1.89. The zero-order valence-corrected chi connectivity index (χ0v) is 9.99. The van der Waals surface area contributed by atoms with E-state index < -0.39 is 11.0 Å². The van der Waals surface area contributed by atoms with Gasteiger partial charge in [-0.2, -0.15) is 0 Å². The van der Waals surface area contributed by atoms with Crippen molar-refractivity contribution in [3.05, 3.63) is 16.3 Å². The van der Waals surface area contributed by atoms with Crippen molar-refractivity contribution in [3.8, 4) is 0 Å². The zero-order valence-electron chi connectivity index (χ0n) is 9.17. The van der Waals surface area contributed by atoms with E-state index in [0.717, 1.165) is 24.2 Å². The van der Waals surface area contributed by atoms with Crippen molar-refractivity contribution >= 4 is 27.4 Å². The minimum atomic E-state index is -0.502. The minimum Gasteiger partial charge on any atom is -0.352 e. The van der Waals surface area contributed by atoms with Crippen molar-refractivity contribution in [3.63, 3.8) is 0 Å². The highest BCUT2D eigenvalue weighted by Gasteiger charge is 2.26. The van der Waals surface area contributed by atoms with Gasteiger partial charge in [0, 0.05) is 6.04 Å². The van der Waals surface area contributed by atoms with Gasteiger partial charge in [-0.15, -0.1) is 0 Å². The van der Waals surface area contributed by atoms with Crippen LogP contribution in [0.25, 0.3) is 0 Å². The molecule has 0 aliphatic heterocycles. The molecule has 17 heavy (non-hydrogen) atoms. The van der Waals surface area contributed by atoms with Crippen LogP contribution in [-0.4, -0.2) is 27.9 Å². The molecule has 2 rings (SSSR count). The van der Waals surface area contributed by atoms with Crippen LogP contribution < -0.4 is 10.6 Å². The van der Waals surface area contributed by atoms with E-state index in [9.17, 15) is 14.9 Å². The van der Waals surface area contributed by atoms with E-state index in [2.05, 4.69) is 15.6 Å². The van der Waals surface area contributed by atoms with Crippen LogP contribution in [0.2, 0.25) is 0 Å². The van der Waals surface area contributed by atoms with E-state index in [0.29, 0.717) is 11.2 Å². The highest BCUT2D eigenvalue weighted by atomic mass is 32.1. The van der Waals surface area contributed by atoms with Gasteiger partial charge in [-0.25, -0.2) is 4.98 Å². The first-order valence-corrected chi connectivity index (χ1v) is 6.05. The summed E-state index contributed by atoms with van der Waals surface area (Å²) in [4.78, 5) is 25.4. The average Bonchev–Trinajstić information content (AvgIpc) is 2.94. The molecule has 0 spiro atoms. The molecule has 1 unspecified atom stereocenters. The van der Waals surface area contributed by atoms with E-state index in [1.54, 1.807) is 6.92 Å². The molecule has 1 heterocycles. The first kappa shape index (κ1) is 11.8. The van der Waals surface area contributed by atoms with Gasteiger partial charge in [0.05, 0.1) is 4.92 Å². The Morgan fingerprint density at radius 2 is 2.41 bits per heavy atom. The summed E-state index contributed by atoms with van der Waals surface area (Å²) < 4.78 is 0. The molecular formula is C9H12N4O3S. The van der Waals surface area contributed by atoms with Gasteiger partial charge in [-0.1, -0.05) is 0 Å². The fourth-order valence-electron chi connectivity index (χ4n) is 1.22. The van der Waals surface area contributed by atoms with E-state index >= 15 is 0 Å². The molecule has 92 valence electrons. The molecule has 0 radical (unpaired) electrons. The summed E-state index contributed by atoms with van der Waals surface area (Å²) in [7, 11) is 0. The molecule has 0 saturated heterocycles. The number of nitrogens with zero attached hydrogens (tertiary/aromatic N) is 2. The lowest BCUT2D eigenvalue weighted by Gasteiger charge is -2.12. The summed E-state index contributed by atoms with van der Waals surface area (Å²) in [5.41, 5.74) is 0. The largest absolute Gasteiger partial charge is 0.352 e. The second kappa shape index (κ2) is 4.66. The summed E-state index contributed by atoms with van der Waals surface area (Å²) in [6.07, 6.45) is 3.24. The summed E-state index contributed by atoms with van der Waals surface area (Å²) >= 11 is 0.920. The topological polar surface area (TPSA) is 97.2 Å². The molecule has 1 saturated carbocycles. The summed E-state index contributed by atoms with van der Waals surface area (Å²) in [5.74, 6) is -0.106. The van der Waals surface area contributed by atoms with Gasteiger partial charge in [-0.05, 0) is 31.1 Å². The lowest BCUT2D eigenvalue weighted by molar-refractivity contribution is -0.380. The van der Waals surface area contributed by atoms with E-state index in [1.807, 2.05) is 0 Å². The van der Waals surface area contributed by atoms with Gasteiger partial charge in [0.1, 0.15) is 12.2 Å². The molecule has 1 fully saturated rings. The fourth-order valence-corrected chi connectivity index (χ4v) is 1.94. The highest BCUT2D eigenvalue weighted by molar-refractivity contribution is 7.18. The van der Waals surface area contributed by atoms with Gasteiger partial charge in [0.15, 0.2) is 5.13 Å². The summed E-state index contributed by atoms with van der Waals surface area (Å²) in [6, 6.07) is -0.140. The van der Waals surface area contributed by atoms with Crippen LogP contribution in [0, 0.1) is 10.1 Å². The Morgan fingerprint density at radius 1 is 1.71 bits per heavy atom. The Bertz CT molecular complexity index is 443. The maximum Gasteiger partial charge on any atom is 0.345 e. The molecule has 8 heteroatoms. The van der Waals surface area contributed by atoms with Gasteiger partial charge < -0.3 is 10.6 Å². The van der Waals surface area contributed by atoms with E-state index in [-0.39, 0.29) is 10.9 Å². The first-order chi connectivity index (χ1) is 8.06. The predicted molar refractivity (Wildman–Crippen MR) is 63.0 cm³/mol. The van der Waals surface area contributed by atoms with Crippen molar-refractivity contribution in [2.24, 2.45) is 0 Å². The minimum absolute atomic E-state index is 0.0395. The molecule has 0 aromatic carbocycles. The van der Waals surface area contributed by atoms with Crippen LogP contribution in [0.4, 0.5) is 10.1 Å². The van der Waals surface area contributed by atoms with E-state index in [1.165, 1.54) is 6.20 Å². The summed E-state index contributed by atoms with van der Waals surface area (Å²) in [6.45, 7) is 1.70. The number of hydrogen-bond acceptors (Lipinski definition) is 6. The molecule has 1 aromatic rings. The van der Waals surface area contributed by atoms with Crippen LogP contribution in [0.5, 0.6) is 0 Å². The quantitative estimate of drug-likeness (QED) is 0.608. The molecule has 1 aromatic heterocycles. The number of hydrogen-bond donors (Lipinski definition) is 2. The van der Waals surface area contributed by atoms with Crippen molar-refractivity contribution in [2.75, 3.05) is 5.32 Å². The third kappa shape index (κ3) is 3.13. The van der Waals surface area contributed by atoms with Gasteiger partial charge in [-0.3, -0.25) is 14.9 Å². The number of thiazole rings is 1. The predicted octanol–water partition coefficient (Wildman–Crippen LogP) is 1.13. The second-order valence-corrected chi connectivity index (χ2v) is 4.92. The van der Waals surface area contributed by atoms with Crippen molar-refractivity contribution in [1.29, 1.82) is 0 Å². The monoisotopic (exact) mass is 256 g/mol. The number of rotatable bonds is 5. The lowest BCUT2D eigenvalue weighted by Crippen LogP contribution is -2.38. The molecule has 2 N–H and O–H groups in total. The molecule has 1 amide bonds. The van der Waals surface area contributed by atoms with Crippen LogP contribution in [0.15, 0.2) is 6.20 Å². The Morgan fingerprint density at radius 3 is 2.94 bits per heavy atom. The zero-order chi connectivity index (χ0) is 12.4. The number of nitro groups is 1. The van der Waals surface area contributed by atoms with Crippen LogP contribution in [-0.2, 0) is 4.79 Å². The lowest BCUT2D eigenvalue weighted by atomic mass is 10.3. The molecule has 0 bridgehead atoms. The number of anilines is 1. The highest BCUT2D eigenvalue weighted by Crippen LogP contribution is 2.25. The molecule has 1 atom stereocenters.